The Morgan fingerprint density at radius 1 is 1.26 bits per heavy atom. The first-order valence-electron chi connectivity index (χ1n) is 6.42. The summed E-state index contributed by atoms with van der Waals surface area (Å²) in [6.07, 6.45) is 0. The maximum Gasteiger partial charge on any atom is 0.162 e. The Labute approximate surface area is 120 Å². The van der Waals surface area contributed by atoms with E-state index in [1.165, 1.54) is 5.56 Å². The largest absolute Gasteiger partial charge is 0.489 e. The average molecular weight is 276 g/mol. The predicted octanol–water partition coefficient (Wildman–Crippen LogP) is 3.13. The average Bonchev–Trinajstić information content (AvgIpc) is 2.66. The summed E-state index contributed by atoms with van der Waals surface area (Å²) in [5.74, 6) is 1.95. The zero-order chi connectivity index (χ0) is 13.8. The van der Waals surface area contributed by atoms with Gasteiger partial charge >= 0.3 is 0 Å². The van der Waals surface area contributed by atoms with Gasteiger partial charge < -0.3 is 4.74 Å². The van der Waals surface area contributed by atoms with E-state index in [9.17, 15) is 0 Å². The van der Waals surface area contributed by atoms with Crippen LogP contribution in [0.5, 0.6) is 5.75 Å². The molecule has 0 saturated carbocycles. The van der Waals surface area contributed by atoms with Gasteiger partial charge in [0.25, 0.3) is 0 Å². The first-order valence-corrected chi connectivity index (χ1v) is 7.05. The lowest BCUT2D eigenvalue weighted by atomic mass is 10.0. The Kier molecular flexibility index (Phi) is 4.53. The van der Waals surface area contributed by atoms with Gasteiger partial charge in [0.2, 0.25) is 0 Å². The fraction of sp³-hybridized carbons (Fsp3) is 0.400. The molecule has 3 nitrogen and oxygen atoms in total. The third-order valence-corrected chi connectivity index (χ3v) is 3.80. The van der Waals surface area contributed by atoms with Crippen molar-refractivity contribution in [2.75, 3.05) is 12.4 Å². The van der Waals surface area contributed by atoms with Crippen LogP contribution < -0.4 is 4.74 Å². The van der Waals surface area contributed by atoms with Gasteiger partial charge in [0.15, 0.2) is 5.75 Å². The molecule has 19 heavy (non-hydrogen) atoms. The molecule has 1 aromatic carbocycles. The zero-order valence-electron chi connectivity index (χ0n) is 11.6. The number of benzene rings is 1. The minimum atomic E-state index is 0.295. The Hall–Kier alpha value is -1.42. The van der Waals surface area contributed by atoms with E-state index in [0.717, 1.165) is 22.9 Å². The fourth-order valence-corrected chi connectivity index (χ4v) is 2.44. The highest BCUT2D eigenvalue weighted by Crippen LogP contribution is 2.24. The van der Waals surface area contributed by atoms with E-state index in [0.29, 0.717) is 12.5 Å². The van der Waals surface area contributed by atoms with Gasteiger partial charge in [-0.15, -0.1) is 0 Å². The molecule has 0 amide bonds. The maximum absolute atomic E-state index is 5.96. The van der Waals surface area contributed by atoms with Crippen LogP contribution in [0.3, 0.4) is 0 Å². The molecule has 1 heterocycles. The standard InChI is InChI=1S/C15H20N2OS/c1-11-15(12(2)17(3)16-11)18-9-14(10-19)13-7-5-4-6-8-13/h4-8,14,19H,9-10H2,1-3H3. The van der Waals surface area contributed by atoms with Crippen LogP contribution in [0.15, 0.2) is 30.3 Å². The zero-order valence-corrected chi connectivity index (χ0v) is 12.5. The molecule has 0 N–H and O–H groups in total. The number of hydrogen-bond acceptors (Lipinski definition) is 3. The van der Waals surface area contributed by atoms with Gasteiger partial charge in [-0.05, 0) is 19.4 Å². The van der Waals surface area contributed by atoms with Crippen LogP contribution >= 0.6 is 12.6 Å². The number of thiol groups is 1. The summed E-state index contributed by atoms with van der Waals surface area (Å²) in [5.41, 5.74) is 3.26. The number of ether oxygens (including phenoxy) is 1. The smallest absolute Gasteiger partial charge is 0.162 e. The van der Waals surface area contributed by atoms with Crippen LogP contribution in [0.4, 0.5) is 0 Å². The second-order valence-corrected chi connectivity index (χ2v) is 5.09. The van der Waals surface area contributed by atoms with E-state index in [2.05, 4.69) is 29.9 Å². The molecule has 0 aliphatic rings. The van der Waals surface area contributed by atoms with Crippen LogP contribution in [0.2, 0.25) is 0 Å². The van der Waals surface area contributed by atoms with Gasteiger partial charge in [-0.25, -0.2) is 0 Å². The molecular weight excluding hydrogens is 256 g/mol. The summed E-state index contributed by atoms with van der Waals surface area (Å²) in [4.78, 5) is 0. The van der Waals surface area contributed by atoms with Crippen molar-refractivity contribution in [2.45, 2.75) is 19.8 Å². The monoisotopic (exact) mass is 276 g/mol. The second kappa shape index (κ2) is 6.15. The van der Waals surface area contributed by atoms with Crippen molar-refractivity contribution in [2.24, 2.45) is 7.05 Å². The normalized spacial score (nSPS) is 12.4. The van der Waals surface area contributed by atoms with E-state index in [1.54, 1.807) is 0 Å². The second-order valence-electron chi connectivity index (χ2n) is 4.72. The molecule has 0 aliphatic heterocycles. The summed E-state index contributed by atoms with van der Waals surface area (Å²) in [5, 5.41) is 4.36. The van der Waals surface area contributed by atoms with Gasteiger partial charge in [-0.2, -0.15) is 17.7 Å². The highest BCUT2D eigenvalue weighted by molar-refractivity contribution is 7.80. The Bertz CT molecular complexity index is 537. The number of nitrogens with zero attached hydrogens (tertiary/aromatic N) is 2. The summed E-state index contributed by atoms with van der Waals surface area (Å²) >= 11 is 4.43. The van der Waals surface area contributed by atoms with Crippen LogP contribution in [-0.4, -0.2) is 22.1 Å². The molecule has 1 atom stereocenters. The summed E-state index contributed by atoms with van der Waals surface area (Å²) in [7, 11) is 1.93. The van der Waals surface area contributed by atoms with Crippen LogP contribution in [0, 0.1) is 13.8 Å². The van der Waals surface area contributed by atoms with Gasteiger partial charge in [0.1, 0.15) is 5.69 Å². The lowest BCUT2D eigenvalue weighted by Crippen LogP contribution is -2.12. The lowest BCUT2D eigenvalue weighted by Gasteiger charge is -2.16. The number of aromatic nitrogens is 2. The number of aryl methyl sites for hydroxylation is 2. The Morgan fingerprint density at radius 3 is 2.47 bits per heavy atom. The van der Waals surface area contributed by atoms with Crippen molar-refractivity contribution in [1.82, 2.24) is 9.78 Å². The van der Waals surface area contributed by atoms with Crippen LogP contribution in [-0.2, 0) is 7.05 Å². The lowest BCUT2D eigenvalue weighted by molar-refractivity contribution is 0.293. The molecule has 0 spiro atoms. The van der Waals surface area contributed by atoms with E-state index in [-0.39, 0.29) is 0 Å². The molecule has 1 aromatic heterocycles. The summed E-state index contributed by atoms with van der Waals surface area (Å²) < 4.78 is 7.81. The van der Waals surface area contributed by atoms with Crippen molar-refractivity contribution in [1.29, 1.82) is 0 Å². The summed E-state index contributed by atoms with van der Waals surface area (Å²) in [6.45, 7) is 4.62. The minimum Gasteiger partial charge on any atom is -0.489 e. The SMILES string of the molecule is Cc1nn(C)c(C)c1OCC(CS)c1ccccc1. The molecule has 0 fully saturated rings. The van der Waals surface area contributed by atoms with Crippen molar-refractivity contribution < 1.29 is 4.74 Å². The fourth-order valence-electron chi connectivity index (χ4n) is 2.13. The first-order chi connectivity index (χ1) is 9.13. The Morgan fingerprint density at radius 2 is 1.95 bits per heavy atom. The van der Waals surface area contributed by atoms with Crippen LogP contribution in [0.25, 0.3) is 0 Å². The third kappa shape index (κ3) is 3.13. The van der Waals surface area contributed by atoms with Crippen molar-refractivity contribution in [3.8, 4) is 5.75 Å². The molecule has 2 rings (SSSR count). The van der Waals surface area contributed by atoms with Crippen molar-refractivity contribution in [3.63, 3.8) is 0 Å². The highest BCUT2D eigenvalue weighted by Gasteiger charge is 2.15. The predicted molar refractivity (Wildman–Crippen MR) is 81.2 cm³/mol. The van der Waals surface area contributed by atoms with Gasteiger partial charge in [0, 0.05) is 18.7 Å². The molecule has 0 radical (unpaired) electrons. The number of hydrogen-bond donors (Lipinski definition) is 1. The molecule has 0 aliphatic carbocycles. The van der Waals surface area contributed by atoms with E-state index < -0.39 is 0 Å². The summed E-state index contributed by atoms with van der Waals surface area (Å²) in [6, 6.07) is 10.4. The molecule has 102 valence electrons. The molecule has 0 bridgehead atoms. The topological polar surface area (TPSA) is 27.1 Å². The highest BCUT2D eigenvalue weighted by atomic mass is 32.1. The third-order valence-electron chi connectivity index (χ3n) is 3.36. The Balaban J connectivity index is 2.08. The number of rotatable bonds is 5. The molecule has 4 heteroatoms. The molecular formula is C15H20N2OS. The van der Waals surface area contributed by atoms with E-state index >= 15 is 0 Å². The van der Waals surface area contributed by atoms with Crippen molar-refractivity contribution in [3.05, 3.63) is 47.3 Å². The molecule has 1 unspecified atom stereocenters. The molecule has 2 aromatic rings. The first kappa shape index (κ1) is 14.0. The van der Waals surface area contributed by atoms with Gasteiger partial charge in [-0.1, -0.05) is 30.3 Å². The minimum absolute atomic E-state index is 0.295. The van der Waals surface area contributed by atoms with Gasteiger partial charge in [0.05, 0.1) is 12.3 Å². The molecule has 0 saturated heterocycles. The van der Waals surface area contributed by atoms with Crippen LogP contribution in [0.1, 0.15) is 22.9 Å². The van der Waals surface area contributed by atoms with Gasteiger partial charge in [-0.3, -0.25) is 4.68 Å². The van der Waals surface area contributed by atoms with E-state index in [4.69, 9.17) is 4.74 Å². The van der Waals surface area contributed by atoms with Crippen molar-refractivity contribution >= 4 is 12.6 Å². The maximum atomic E-state index is 5.96. The van der Waals surface area contributed by atoms with E-state index in [1.807, 2.05) is 43.8 Å². The quantitative estimate of drug-likeness (QED) is 0.849.